The molecule has 5 aliphatic rings. The quantitative estimate of drug-likeness (QED) is 0.683. The van der Waals surface area contributed by atoms with Gasteiger partial charge in [0.1, 0.15) is 0 Å². The van der Waals surface area contributed by atoms with Gasteiger partial charge in [-0.15, -0.1) is 0 Å². The molecule has 6 atom stereocenters. The molecule has 106 valence electrons. The lowest BCUT2D eigenvalue weighted by Gasteiger charge is -2.59. The van der Waals surface area contributed by atoms with E-state index in [1.807, 2.05) is 13.8 Å². The first-order chi connectivity index (χ1) is 8.78. The fourth-order valence-electron chi connectivity index (χ4n) is 5.61. The fourth-order valence-corrected chi connectivity index (χ4v) is 5.61. The van der Waals surface area contributed by atoms with E-state index in [4.69, 9.17) is 9.47 Å². The zero-order valence-electron chi connectivity index (χ0n) is 12.2. The van der Waals surface area contributed by atoms with Gasteiger partial charge in [0.15, 0.2) is 5.79 Å². The van der Waals surface area contributed by atoms with Gasteiger partial charge in [0.2, 0.25) is 0 Å². The second-order valence-corrected chi connectivity index (χ2v) is 7.92. The molecule has 5 rings (SSSR count). The topological polar surface area (TPSA) is 38.7 Å². The summed E-state index contributed by atoms with van der Waals surface area (Å²) in [6, 6.07) is 0. The van der Waals surface area contributed by atoms with Crippen molar-refractivity contribution in [3.63, 3.8) is 0 Å². The largest absolute Gasteiger partial charge is 0.393 e. The molecule has 1 heterocycles. The maximum Gasteiger partial charge on any atom is 0.163 e. The molecule has 0 aromatic rings. The maximum absolute atomic E-state index is 10.5. The van der Waals surface area contributed by atoms with Gasteiger partial charge in [-0.2, -0.15) is 0 Å². The molecule has 2 saturated carbocycles. The first-order valence-corrected chi connectivity index (χ1v) is 7.51. The summed E-state index contributed by atoms with van der Waals surface area (Å²) in [5, 5.41) is 10.5. The normalized spacial score (nSPS) is 56.2. The summed E-state index contributed by atoms with van der Waals surface area (Å²) in [4.78, 5) is 0. The van der Waals surface area contributed by atoms with Gasteiger partial charge in [-0.25, -0.2) is 0 Å². The Kier molecular flexibility index (Phi) is 2.12. The van der Waals surface area contributed by atoms with Crippen LogP contribution in [0.25, 0.3) is 0 Å². The van der Waals surface area contributed by atoms with Gasteiger partial charge in [0.25, 0.3) is 0 Å². The molecule has 0 unspecified atom stereocenters. The van der Waals surface area contributed by atoms with Gasteiger partial charge >= 0.3 is 0 Å². The van der Waals surface area contributed by atoms with Crippen LogP contribution in [0.2, 0.25) is 0 Å². The summed E-state index contributed by atoms with van der Waals surface area (Å²) in [5.74, 6) is 0.151. The van der Waals surface area contributed by atoms with E-state index in [2.05, 4.69) is 26.0 Å². The van der Waals surface area contributed by atoms with E-state index in [-0.39, 0.29) is 29.1 Å². The van der Waals surface area contributed by atoms with Crippen molar-refractivity contribution in [2.24, 2.45) is 22.7 Å². The van der Waals surface area contributed by atoms with E-state index in [0.29, 0.717) is 11.8 Å². The third-order valence-corrected chi connectivity index (χ3v) is 6.12. The second kappa shape index (κ2) is 3.26. The molecule has 1 aliphatic heterocycles. The van der Waals surface area contributed by atoms with Crippen molar-refractivity contribution in [3.8, 4) is 0 Å². The molecule has 0 aromatic carbocycles. The highest BCUT2D eigenvalue weighted by Gasteiger charge is 2.71. The van der Waals surface area contributed by atoms with E-state index in [1.54, 1.807) is 0 Å². The predicted molar refractivity (Wildman–Crippen MR) is 71.4 cm³/mol. The van der Waals surface area contributed by atoms with Crippen molar-refractivity contribution in [3.05, 3.63) is 12.2 Å². The van der Waals surface area contributed by atoms with Crippen LogP contribution in [0.4, 0.5) is 0 Å². The molecule has 3 fully saturated rings. The number of hydrogen-bond acceptors (Lipinski definition) is 3. The number of ether oxygens (including phenoxy) is 2. The van der Waals surface area contributed by atoms with Gasteiger partial charge in [-0.3, -0.25) is 0 Å². The average molecular weight is 264 g/mol. The minimum absolute atomic E-state index is 0.0178. The number of rotatable bonds is 0. The first kappa shape index (κ1) is 12.4. The number of aliphatic hydroxyl groups excluding tert-OH is 1. The standard InChI is InChI=1S/C16H24O3/c1-14(2)9-5-7-16(8-6-10(17)12(14)16)13-11(9)18-15(3,4)19-13/h5,7,9-13,17H,6,8H2,1-4H3/t9-,10-,11+,12-,13+,16+/m1/s1. The van der Waals surface area contributed by atoms with Gasteiger partial charge in [-0.1, -0.05) is 26.0 Å². The average Bonchev–Trinajstić information content (AvgIpc) is 2.78. The Morgan fingerprint density at radius 3 is 2.63 bits per heavy atom. The Morgan fingerprint density at radius 2 is 1.89 bits per heavy atom. The molecule has 1 spiro atoms. The Balaban J connectivity index is 1.87. The van der Waals surface area contributed by atoms with Crippen LogP contribution in [-0.2, 0) is 9.47 Å². The molecule has 3 nitrogen and oxygen atoms in total. The molecule has 1 saturated heterocycles. The molecule has 0 aromatic heterocycles. The fraction of sp³-hybridized carbons (Fsp3) is 0.875. The molecule has 2 bridgehead atoms. The van der Waals surface area contributed by atoms with Crippen molar-refractivity contribution in [1.82, 2.24) is 0 Å². The first-order valence-electron chi connectivity index (χ1n) is 7.51. The molecule has 19 heavy (non-hydrogen) atoms. The van der Waals surface area contributed by atoms with Crippen LogP contribution in [-0.4, -0.2) is 29.2 Å². The lowest BCUT2D eigenvalue weighted by atomic mass is 9.47. The third kappa shape index (κ3) is 1.29. The third-order valence-electron chi connectivity index (χ3n) is 6.12. The number of hydrogen-bond donors (Lipinski definition) is 1. The monoisotopic (exact) mass is 264 g/mol. The second-order valence-electron chi connectivity index (χ2n) is 7.92. The molecule has 0 radical (unpaired) electrons. The Labute approximate surface area is 115 Å². The minimum atomic E-state index is -0.495. The molecular formula is C16H24O3. The van der Waals surface area contributed by atoms with Crippen molar-refractivity contribution in [2.45, 2.75) is 64.6 Å². The summed E-state index contributed by atoms with van der Waals surface area (Å²) in [6.45, 7) is 8.60. The zero-order valence-corrected chi connectivity index (χ0v) is 12.2. The van der Waals surface area contributed by atoms with Crippen molar-refractivity contribution < 1.29 is 14.6 Å². The summed E-state index contributed by atoms with van der Waals surface area (Å²) >= 11 is 0. The van der Waals surface area contributed by atoms with Crippen molar-refractivity contribution >= 4 is 0 Å². The zero-order chi connectivity index (χ0) is 13.6. The van der Waals surface area contributed by atoms with E-state index >= 15 is 0 Å². The Bertz CT molecular complexity index is 453. The van der Waals surface area contributed by atoms with Crippen LogP contribution in [0, 0.1) is 22.7 Å². The number of aliphatic hydroxyl groups is 1. The highest BCUT2D eigenvalue weighted by molar-refractivity contribution is 5.30. The lowest BCUT2D eigenvalue weighted by Crippen LogP contribution is -2.63. The molecule has 4 aliphatic carbocycles. The molecule has 1 N–H and O–H groups in total. The maximum atomic E-state index is 10.5. The minimum Gasteiger partial charge on any atom is -0.393 e. The van der Waals surface area contributed by atoms with Gasteiger partial charge in [-0.05, 0) is 32.1 Å². The molecule has 0 amide bonds. The molecule has 3 heteroatoms. The van der Waals surface area contributed by atoms with Crippen LogP contribution in [0.5, 0.6) is 0 Å². The molecular weight excluding hydrogens is 240 g/mol. The highest BCUT2D eigenvalue weighted by Crippen LogP contribution is 2.68. The summed E-state index contributed by atoms with van der Waals surface area (Å²) < 4.78 is 12.5. The smallest absolute Gasteiger partial charge is 0.163 e. The van der Waals surface area contributed by atoms with E-state index in [1.165, 1.54) is 0 Å². The van der Waals surface area contributed by atoms with E-state index < -0.39 is 5.79 Å². The van der Waals surface area contributed by atoms with Crippen LogP contribution in [0.3, 0.4) is 0 Å². The summed E-state index contributed by atoms with van der Waals surface area (Å²) in [5.41, 5.74) is 0.0612. The SMILES string of the molecule is CC1(C)O[C@H]2[C@H]3C=C[C@@]4(CC[C@@H](O)[C@@H]4C3(C)C)[C@H]2O1. The van der Waals surface area contributed by atoms with Crippen LogP contribution in [0.15, 0.2) is 12.2 Å². The van der Waals surface area contributed by atoms with Gasteiger partial charge in [0, 0.05) is 17.3 Å². The lowest BCUT2D eigenvalue weighted by molar-refractivity contribution is -0.157. The van der Waals surface area contributed by atoms with E-state index in [9.17, 15) is 5.11 Å². The Morgan fingerprint density at radius 1 is 1.16 bits per heavy atom. The Hall–Kier alpha value is -0.380. The van der Waals surface area contributed by atoms with Crippen LogP contribution < -0.4 is 0 Å². The van der Waals surface area contributed by atoms with E-state index in [0.717, 1.165) is 12.8 Å². The highest BCUT2D eigenvalue weighted by atomic mass is 16.8. The summed E-state index contributed by atoms with van der Waals surface area (Å²) in [7, 11) is 0. The van der Waals surface area contributed by atoms with Gasteiger partial charge < -0.3 is 14.6 Å². The van der Waals surface area contributed by atoms with Gasteiger partial charge in [0.05, 0.1) is 18.3 Å². The van der Waals surface area contributed by atoms with Crippen LogP contribution in [0.1, 0.15) is 40.5 Å². The van der Waals surface area contributed by atoms with Crippen molar-refractivity contribution in [2.75, 3.05) is 0 Å². The van der Waals surface area contributed by atoms with Crippen LogP contribution >= 0.6 is 0 Å². The predicted octanol–water partition coefficient (Wildman–Crippen LogP) is 2.49. The summed E-state index contributed by atoms with van der Waals surface area (Å²) in [6.07, 6.45) is 6.65. The van der Waals surface area contributed by atoms with Crippen molar-refractivity contribution in [1.29, 1.82) is 0 Å².